The summed E-state index contributed by atoms with van der Waals surface area (Å²) >= 11 is 0. The first kappa shape index (κ1) is 20.6. The Hall–Kier alpha value is -2.71. The lowest BCUT2D eigenvalue weighted by molar-refractivity contribution is -0.138. The minimum atomic E-state index is -4.85. The lowest BCUT2D eigenvalue weighted by Crippen LogP contribution is -2.38. The highest BCUT2D eigenvalue weighted by Crippen LogP contribution is 2.34. The van der Waals surface area contributed by atoms with Gasteiger partial charge in [-0.15, -0.1) is 0 Å². The maximum Gasteiger partial charge on any atom is 0.421 e. The minimum Gasteiger partial charge on any atom is -0.343 e. The van der Waals surface area contributed by atoms with E-state index in [1.807, 2.05) is 4.98 Å². The molecule has 146 valence electrons. The fourth-order valence-electron chi connectivity index (χ4n) is 2.53. The molecule has 0 spiro atoms. The molecule has 9 heteroatoms. The monoisotopic (exact) mass is 388 g/mol. The van der Waals surface area contributed by atoms with Crippen LogP contribution in [-0.2, 0) is 6.18 Å². The molecule has 0 saturated heterocycles. The lowest BCUT2D eigenvalue weighted by atomic mass is 9.82. The van der Waals surface area contributed by atoms with Crippen LogP contribution >= 0.6 is 0 Å². The number of H-pyrrole nitrogens is 1. The standard InChI is InChI=1S/C18H17F5N2O2/c1-17(2,3)14(10-5-4-9(19)8-12(10)20)25-16(27)13-7-6-11(15(26)24-13)18(21,22)23/h4-8,14H,1-3H3,(H,24,26)(H,25,27). The molecule has 4 nitrogen and oxygen atoms in total. The molecular formula is C18H17F5N2O2. The van der Waals surface area contributed by atoms with E-state index in [4.69, 9.17) is 0 Å². The number of amides is 1. The highest BCUT2D eigenvalue weighted by Gasteiger charge is 2.35. The van der Waals surface area contributed by atoms with E-state index in [-0.39, 0.29) is 5.56 Å². The molecule has 1 aromatic carbocycles. The maximum atomic E-state index is 14.2. The van der Waals surface area contributed by atoms with Crippen LogP contribution in [0.5, 0.6) is 0 Å². The number of pyridine rings is 1. The van der Waals surface area contributed by atoms with Gasteiger partial charge in [0.15, 0.2) is 0 Å². The number of hydrogen-bond acceptors (Lipinski definition) is 2. The van der Waals surface area contributed by atoms with Crippen molar-refractivity contribution in [3.8, 4) is 0 Å². The molecule has 1 atom stereocenters. The number of aromatic amines is 1. The van der Waals surface area contributed by atoms with Gasteiger partial charge in [0.1, 0.15) is 22.9 Å². The van der Waals surface area contributed by atoms with Gasteiger partial charge in [0.25, 0.3) is 11.5 Å². The highest BCUT2D eigenvalue weighted by atomic mass is 19.4. The van der Waals surface area contributed by atoms with Gasteiger partial charge in [-0.3, -0.25) is 9.59 Å². The number of hydrogen-bond donors (Lipinski definition) is 2. The Labute approximate surface area is 151 Å². The Morgan fingerprint density at radius 2 is 1.70 bits per heavy atom. The molecule has 0 aliphatic rings. The SMILES string of the molecule is CC(C)(C)C(NC(=O)c1ccc(C(F)(F)F)c(=O)[nH]1)c1ccc(F)cc1F. The third-order valence-electron chi connectivity index (χ3n) is 3.87. The van der Waals surface area contributed by atoms with Gasteiger partial charge in [-0.25, -0.2) is 8.78 Å². The number of aromatic nitrogens is 1. The van der Waals surface area contributed by atoms with Crippen molar-refractivity contribution in [3.63, 3.8) is 0 Å². The van der Waals surface area contributed by atoms with Crippen molar-refractivity contribution < 1.29 is 26.7 Å². The zero-order valence-corrected chi connectivity index (χ0v) is 14.7. The highest BCUT2D eigenvalue weighted by molar-refractivity contribution is 5.92. The van der Waals surface area contributed by atoms with E-state index in [0.717, 1.165) is 12.1 Å². The molecule has 2 N–H and O–H groups in total. The molecule has 1 unspecified atom stereocenters. The van der Waals surface area contributed by atoms with Gasteiger partial charge in [-0.2, -0.15) is 13.2 Å². The molecule has 1 heterocycles. The summed E-state index contributed by atoms with van der Waals surface area (Å²) < 4.78 is 65.3. The molecule has 2 rings (SSSR count). The van der Waals surface area contributed by atoms with Crippen LogP contribution in [-0.4, -0.2) is 10.9 Å². The van der Waals surface area contributed by atoms with Crippen molar-refractivity contribution in [2.75, 3.05) is 0 Å². The van der Waals surface area contributed by atoms with Crippen LogP contribution in [0.4, 0.5) is 22.0 Å². The van der Waals surface area contributed by atoms with Crippen LogP contribution in [0, 0.1) is 17.0 Å². The maximum absolute atomic E-state index is 14.2. The summed E-state index contributed by atoms with van der Waals surface area (Å²) in [7, 11) is 0. The normalized spacial score (nSPS) is 13.3. The Morgan fingerprint density at radius 3 is 2.19 bits per heavy atom. The van der Waals surface area contributed by atoms with E-state index in [0.29, 0.717) is 12.1 Å². The largest absolute Gasteiger partial charge is 0.421 e. The van der Waals surface area contributed by atoms with Gasteiger partial charge in [0.2, 0.25) is 0 Å². The first-order chi connectivity index (χ1) is 12.3. The second-order valence-electron chi connectivity index (χ2n) is 7.05. The van der Waals surface area contributed by atoms with Crippen LogP contribution in [0.3, 0.4) is 0 Å². The number of alkyl halides is 3. The third-order valence-corrected chi connectivity index (χ3v) is 3.87. The number of rotatable bonds is 3. The van der Waals surface area contributed by atoms with Crippen LogP contribution in [0.25, 0.3) is 0 Å². The summed E-state index contributed by atoms with van der Waals surface area (Å²) in [4.78, 5) is 25.9. The van der Waals surface area contributed by atoms with Crippen molar-refractivity contribution in [2.24, 2.45) is 5.41 Å². The van der Waals surface area contributed by atoms with Crippen LogP contribution in [0.15, 0.2) is 35.1 Å². The third kappa shape index (κ3) is 4.72. The smallest absolute Gasteiger partial charge is 0.343 e. The first-order valence-electron chi connectivity index (χ1n) is 7.87. The average molecular weight is 388 g/mol. The van der Waals surface area contributed by atoms with Gasteiger partial charge in [-0.05, 0) is 23.6 Å². The predicted molar refractivity (Wildman–Crippen MR) is 88.1 cm³/mol. The van der Waals surface area contributed by atoms with Gasteiger partial charge >= 0.3 is 6.18 Å². The summed E-state index contributed by atoms with van der Waals surface area (Å²) in [6, 6.07) is 3.26. The Kier molecular flexibility index (Phi) is 5.44. The summed E-state index contributed by atoms with van der Waals surface area (Å²) in [6.07, 6.45) is -4.85. The predicted octanol–water partition coefficient (Wildman–Crippen LogP) is 4.19. The van der Waals surface area contributed by atoms with Crippen molar-refractivity contribution >= 4 is 5.91 Å². The lowest BCUT2D eigenvalue weighted by Gasteiger charge is -2.32. The fourth-order valence-corrected chi connectivity index (χ4v) is 2.53. The summed E-state index contributed by atoms with van der Waals surface area (Å²) in [6.45, 7) is 5.07. The second kappa shape index (κ2) is 7.13. The second-order valence-corrected chi connectivity index (χ2v) is 7.05. The van der Waals surface area contributed by atoms with Crippen LogP contribution < -0.4 is 10.9 Å². The molecular weight excluding hydrogens is 371 g/mol. The first-order valence-corrected chi connectivity index (χ1v) is 7.87. The van der Waals surface area contributed by atoms with E-state index in [1.54, 1.807) is 20.8 Å². The minimum absolute atomic E-state index is 0.00603. The molecule has 1 aromatic heterocycles. The van der Waals surface area contributed by atoms with E-state index in [1.165, 1.54) is 6.07 Å². The van der Waals surface area contributed by atoms with Gasteiger partial charge in [0, 0.05) is 11.6 Å². The van der Waals surface area contributed by atoms with Gasteiger partial charge < -0.3 is 10.3 Å². The summed E-state index contributed by atoms with van der Waals surface area (Å²) in [5, 5.41) is 2.48. The molecule has 0 saturated carbocycles. The number of carbonyl (C=O) groups excluding carboxylic acids is 1. The van der Waals surface area contributed by atoms with Crippen molar-refractivity contribution in [2.45, 2.75) is 33.0 Å². The fraction of sp³-hybridized carbons (Fsp3) is 0.333. The molecule has 0 fully saturated rings. The number of carbonyl (C=O) groups is 1. The Bertz CT molecular complexity index is 913. The zero-order chi connectivity index (χ0) is 20.6. The molecule has 0 aliphatic heterocycles. The van der Waals surface area contributed by atoms with E-state index in [9.17, 15) is 31.5 Å². The van der Waals surface area contributed by atoms with E-state index < -0.39 is 52.0 Å². The molecule has 0 bridgehead atoms. The Balaban J connectivity index is 2.37. The summed E-state index contributed by atoms with van der Waals surface area (Å²) in [5.41, 5.74) is -4.02. The van der Waals surface area contributed by atoms with E-state index in [2.05, 4.69) is 5.32 Å². The van der Waals surface area contributed by atoms with Crippen LogP contribution in [0.1, 0.15) is 48.4 Å². The molecule has 27 heavy (non-hydrogen) atoms. The van der Waals surface area contributed by atoms with E-state index >= 15 is 0 Å². The molecule has 1 amide bonds. The topological polar surface area (TPSA) is 62.0 Å². The molecule has 0 aliphatic carbocycles. The average Bonchev–Trinajstić information content (AvgIpc) is 2.50. The molecule has 2 aromatic rings. The zero-order valence-electron chi connectivity index (χ0n) is 14.7. The quantitative estimate of drug-likeness (QED) is 0.775. The molecule has 0 radical (unpaired) electrons. The van der Waals surface area contributed by atoms with Crippen molar-refractivity contribution in [1.82, 2.24) is 10.3 Å². The number of halogens is 5. The number of nitrogens with one attached hydrogen (secondary N) is 2. The van der Waals surface area contributed by atoms with Crippen LogP contribution in [0.2, 0.25) is 0 Å². The van der Waals surface area contributed by atoms with Gasteiger partial charge in [0.05, 0.1) is 6.04 Å². The Morgan fingerprint density at radius 1 is 1.07 bits per heavy atom. The number of benzene rings is 1. The van der Waals surface area contributed by atoms with Crippen molar-refractivity contribution in [3.05, 3.63) is 69.1 Å². The summed E-state index contributed by atoms with van der Waals surface area (Å²) in [5.74, 6) is -2.57. The van der Waals surface area contributed by atoms with Gasteiger partial charge in [-0.1, -0.05) is 26.8 Å². The van der Waals surface area contributed by atoms with Crippen molar-refractivity contribution in [1.29, 1.82) is 0 Å².